The van der Waals surface area contributed by atoms with Gasteiger partial charge >= 0.3 is 0 Å². The molecule has 4 nitrogen and oxygen atoms in total. The van der Waals surface area contributed by atoms with E-state index in [9.17, 15) is 4.79 Å². The predicted molar refractivity (Wildman–Crippen MR) is 117 cm³/mol. The Labute approximate surface area is 175 Å². The quantitative estimate of drug-likeness (QED) is 0.687. The summed E-state index contributed by atoms with van der Waals surface area (Å²) in [5.41, 5.74) is 2.40. The van der Waals surface area contributed by atoms with E-state index in [-0.39, 0.29) is 16.6 Å². The summed E-state index contributed by atoms with van der Waals surface area (Å²) in [6.45, 7) is 3.26. The third kappa shape index (κ3) is 3.00. The van der Waals surface area contributed by atoms with Crippen molar-refractivity contribution >= 4 is 40.7 Å². The number of piperazine rings is 1. The molecule has 0 saturated carbocycles. The molecule has 2 fully saturated rings. The van der Waals surface area contributed by atoms with Gasteiger partial charge in [-0.25, -0.2) is 0 Å². The molecule has 0 N–H and O–H groups in total. The molecule has 0 radical (unpaired) electrons. The maximum atomic E-state index is 13.4. The Morgan fingerprint density at radius 1 is 1.21 bits per heavy atom. The van der Waals surface area contributed by atoms with Crippen molar-refractivity contribution in [1.29, 1.82) is 0 Å². The van der Waals surface area contributed by atoms with E-state index in [0.29, 0.717) is 5.91 Å². The second-order valence-corrected chi connectivity index (χ2v) is 9.71. The van der Waals surface area contributed by atoms with Crippen molar-refractivity contribution in [2.24, 2.45) is 16.8 Å². The number of anilines is 1. The number of aliphatic imine (C=N–C) groups is 1. The van der Waals surface area contributed by atoms with Gasteiger partial charge in [0.25, 0.3) is 0 Å². The Balaban J connectivity index is 1.27. The summed E-state index contributed by atoms with van der Waals surface area (Å²) in [7, 11) is 0. The maximum Gasteiger partial charge on any atom is 0.227 e. The van der Waals surface area contributed by atoms with Gasteiger partial charge in [0, 0.05) is 66.9 Å². The van der Waals surface area contributed by atoms with Gasteiger partial charge in [-0.1, -0.05) is 35.9 Å². The molecular weight excluding hydrogens is 390 g/mol. The lowest BCUT2D eigenvalue weighted by molar-refractivity contribution is -0.136. The van der Waals surface area contributed by atoms with E-state index < -0.39 is 0 Å². The number of benzene rings is 1. The molecule has 1 aromatic carbocycles. The molecule has 1 aliphatic carbocycles. The van der Waals surface area contributed by atoms with Crippen LogP contribution in [0.5, 0.6) is 0 Å². The molecule has 3 heterocycles. The van der Waals surface area contributed by atoms with E-state index in [2.05, 4.69) is 39.1 Å². The maximum absolute atomic E-state index is 13.4. The number of amides is 1. The molecule has 3 atom stereocenters. The number of nitrogens with zero attached hydrogens (tertiary/aromatic N) is 3. The lowest BCUT2D eigenvalue weighted by Crippen LogP contribution is -2.52. The summed E-state index contributed by atoms with van der Waals surface area (Å²) in [6, 6.07) is 7.97. The largest absolute Gasteiger partial charge is 0.368 e. The van der Waals surface area contributed by atoms with Crippen molar-refractivity contribution in [2.75, 3.05) is 36.8 Å². The average molecular weight is 414 g/mol. The summed E-state index contributed by atoms with van der Waals surface area (Å²) < 4.78 is 0.0203. The Hall–Kier alpha value is -1.72. The van der Waals surface area contributed by atoms with Gasteiger partial charge in [0.05, 0.1) is 10.7 Å². The number of carbonyl (C=O) groups is 1. The number of carbonyl (C=O) groups excluding carboxylic acids is 1. The van der Waals surface area contributed by atoms with Crippen LogP contribution >= 0.6 is 23.4 Å². The van der Waals surface area contributed by atoms with Crippen molar-refractivity contribution < 1.29 is 4.79 Å². The number of allylic oxidation sites excluding steroid dienone is 3. The van der Waals surface area contributed by atoms with E-state index in [1.54, 1.807) is 0 Å². The first-order valence-electron chi connectivity index (χ1n) is 9.99. The molecule has 1 amide bonds. The van der Waals surface area contributed by atoms with Crippen LogP contribution in [0.15, 0.2) is 53.7 Å². The van der Waals surface area contributed by atoms with Gasteiger partial charge in [-0.2, -0.15) is 0 Å². The molecule has 28 heavy (non-hydrogen) atoms. The Morgan fingerprint density at radius 2 is 2.07 bits per heavy atom. The number of hydrogen-bond acceptors (Lipinski definition) is 4. The molecule has 0 aromatic heterocycles. The van der Waals surface area contributed by atoms with Crippen LogP contribution in [0.2, 0.25) is 5.02 Å². The Morgan fingerprint density at radius 3 is 2.89 bits per heavy atom. The van der Waals surface area contributed by atoms with Crippen LogP contribution in [-0.2, 0) is 4.79 Å². The predicted octanol–water partition coefficient (Wildman–Crippen LogP) is 4.02. The molecule has 5 rings (SSSR count). The highest BCUT2D eigenvalue weighted by Gasteiger charge is 2.54. The topological polar surface area (TPSA) is 35.9 Å². The molecule has 1 aromatic rings. The second kappa shape index (κ2) is 7.27. The fourth-order valence-corrected chi connectivity index (χ4v) is 6.94. The van der Waals surface area contributed by atoms with Crippen LogP contribution < -0.4 is 4.90 Å². The summed E-state index contributed by atoms with van der Waals surface area (Å²) in [5.74, 6) is 1.56. The zero-order chi connectivity index (χ0) is 19.1. The molecule has 4 aliphatic rings. The molecule has 146 valence electrons. The molecular formula is C22H24ClN3OS. The van der Waals surface area contributed by atoms with Gasteiger partial charge in [-0.15, -0.1) is 11.8 Å². The minimum Gasteiger partial charge on any atom is -0.368 e. The monoisotopic (exact) mass is 413 g/mol. The normalized spacial score (nSPS) is 31.4. The average Bonchev–Trinajstić information content (AvgIpc) is 3.11. The van der Waals surface area contributed by atoms with E-state index in [1.165, 1.54) is 5.71 Å². The van der Waals surface area contributed by atoms with Crippen LogP contribution in [0.4, 0.5) is 5.69 Å². The van der Waals surface area contributed by atoms with Gasteiger partial charge in [-0.3, -0.25) is 9.79 Å². The Kier molecular flexibility index (Phi) is 4.76. The minimum atomic E-state index is 0.0203. The first kappa shape index (κ1) is 18.3. The molecule has 0 bridgehead atoms. The summed E-state index contributed by atoms with van der Waals surface area (Å²) in [4.78, 5) is 22.5. The van der Waals surface area contributed by atoms with Gasteiger partial charge in [0.15, 0.2) is 0 Å². The summed E-state index contributed by atoms with van der Waals surface area (Å²) >= 11 is 8.09. The number of thioether (sulfide) groups is 1. The number of hydrogen-bond donors (Lipinski definition) is 0. The van der Waals surface area contributed by atoms with Crippen molar-refractivity contribution in [3.63, 3.8) is 0 Å². The van der Waals surface area contributed by atoms with Gasteiger partial charge in [-0.05, 0) is 24.6 Å². The van der Waals surface area contributed by atoms with E-state index in [1.807, 2.05) is 36.2 Å². The van der Waals surface area contributed by atoms with Crippen molar-refractivity contribution in [1.82, 2.24) is 4.90 Å². The van der Waals surface area contributed by atoms with Crippen LogP contribution in [0, 0.1) is 11.8 Å². The van der Waals surface area contributed by atoms with Crippen LogP contribution in [0.1, 0.15) is 12.8 Å². The second-order valence-electron chi connectivity index (χ2n) is 7.92. The van der Waals surface area contributed by atoms with E-state index in [4.69, 9.17) is 11.6 Å². The van der Waals surface area contributed by atoms with Gasteiger partial charge in [0.2, 0.25) is 5.91 Å². The lowest BCUT2D eigenvalue weighted by Gasteiger charge is -2.41. The van der Waals surface area contributed by atoms with Crippen LogP contribution in [0.25, 0.3) is 0 Å². The number of halogens is 1. The fourth-order valence-electron chi connectivity index (χ4n) is 4.97. The van der Waals surface area contributed by atoms with Crippen molar-refractivity contribution in [2.45, 2.75) is 17.6 Å². The zero-order valence-corrected chi connectivity index (χ0v) is 17.3. The molecule has 6 heteroatoms. The molecule has 3 unspecified atom stereocenters. The van der Waals surface area contributed by atoms with E-state index >= 15 is 0 Å². The highest BCUT2D eigenvalue weighted by atomic mass is 35.5. The first-order valence-corrected chi connectivity index (χ1v) is 11.4. The summed E-state index contributed by atoms with van der Waals surface area (Å²) in [6.07, 6.45) is 10.5. The zero-order valence-electron chi connectivity index (χ0n) is 15.8. The smallest absolute Gasteiger partial charge is 0.227 e. The standard InChI is InChI=1S/C22H24ClN3OS/c23-16-4-3-5-17(14-16)25-10-12-26(13-11-25)21(27)18-15-28-22-8-2-1-6-20(22)24-9-7-19(18)22/h1-5,7,9,14,18-19H,6,8,10-13,15H2. The van der Waals surface area contributed by atoms with E-state index in [0.717, 1.165) is 55.5 Å². The highest BCUT2D eigenvalue weighted by molar-refractivity contribution is 8.01. The van der Waals surface area contributed by atoms with Gasteiger partial charge in [0.1, 0.15) is 0 Å². The van der Waals surface area contributed by atoms with Gasteiger partial charge < -0.3 is 9.80 Å². The molecule has 1 spiro atoms. The lowest BCUT2D eigenvalue weighted by atomic mass is 9.73. The first-order chi connectivity index (χ1) is 13.7. The fraction of sp³-hybridized carbons (Fsp3) is 0.455. The Bertz CT molecular complexity index is 874. The molecule has 2 saturated heterocycles. The SMILES string of the molecule is O=C(C1CSC23CC=CCC2=NC=CC13)N1CCN(c2cccc(Cl)c2)CC1. The third-order valence-corrected chi connectivity index (χ3v) is 8.44. The number of rotatable bonds is 2. The highest BCUT2D eigenvalue weighted by Crippen LogP contribution is 2.54. The van der Waals surface area contributed by atoms with Crippen molar-refractivity contribution in [3.05, 3.63) is 53.7 Å². The van der Waals surface area contributed by atoms with Crippen LogP contribution in [0.3, 0.4) is 0 Å². The van der Waals surface area contributed by atoms with Crippen LogP contribution in [-0.4, -0.2) is 53.2 Å². The molecule has 3 aliphatic heterocycles. The van der Waals surface area contributed by atoms with Crippen molar-refractivity contribution in [3.8, 4) is 0 Å². The summed E-state index contributed by atoms with van der Waals surface area (Å²) in [5, 5.41) is 0.757. The third-order valence-electron chi connectivity index (χ3n) is 6.49. The minimum absolute atomic E-state index is 0.0203.